The Hall–Kier alpha value is -0.610. The summed E-state index contributed by atoms with van der Waals surface area (Å²) >= 11 is 0. The SMILES string of the molecule is CCN(CC)CCCC(C)N1C(=O)C2(CC2)NC1C. The van der Waals surface area contributed by atoms with Gasteiger partial charge in [-0.2, -0.15) is 0 Å². The molecule has 2 fully saturated rings. The van der Waals surface area contributed by atoms with Gasteiger partial charge in [0.05, 0.1) is 11.7 Å². The van der Waals surface area contributed by atoms with Gasteiger partial charge in [-0.15, -0.1) is 0 Å². The summed E-state index contributed by atoms with van der Waals surface area (Å²) in [5, 5.41) is 3.47. The Balaban J connectivity index is 1.80. The van der Waals surface area contributed by atoms with Gasteiger partial charge >= 0.3 is 0 Å². The molecule has 2 atom stereocenters. The van der Waals surface area contributed by atoms with Crippen LogP contribution in [0.15, 0.2) is 0 Å². The van der Waals surface area contributed by atoms with Gasteiger partial charge in [-0.05, 0) is 59.2 Å². The van der Waals surface area contributed by atoms with Crippen molar-refractivity contribution in [1.29, 1.82) is 0 Å². The normalized spacial score (nSPS) is 26.5. The van der Waals surface area contributed by atoms with Gasteiger partial charge in [-0.25, -0.2) is 0 Å². The summed E-state index contributed by atoms with van der Waals surface area (Å²) in [6, 6.07) is 0.352. The Labute approximate surface area is 117 Å². The van der Waals surface area contributed by atoms with E-state index in [0.717, 1.165) is 38.9 Å². The number of amides is 1. The molecule has 1 N–H and O–H groups in total. The standard InChI is InChI=1S/C15H29N3O/c1-5-17(6-2)11-7-8-12(3)18-13(4)16-15(9-10-15)14(18)19/h12-13,16H,5-11H2,1-4H3. The smallest absolute Gasteiger partial charge is 0.244 e. The zero-order chi connectivity index (χ0) is 14.0. The first-order chi connectivity index (χ1) is 9.04. The van der Waals surface area contributed by atoms with Crippen LogP contribution in [0.3, 0.4) is 0 Å². The van der Waals surface area contributed by atoms with Gasteiger partial charge < -0.3 is 9.80 Å². The molecule has 1 aliphatic carbocycles. The number of hydrogen-bond donors (Lipinski definition) is 1. The fourth-order valence-electron chi connectivity index (χ4n) is 3.31. The Morgan fingerprint density at radius 2 is 2.05 bits per heavy atom. The highest BCUT2D eigenvalue weighted by Gasteiger charge is 2.58. The van der Waals surface area contributed by atoms with Crippen molar-refractivity contribution in [3.8, 4) is 0 Å². The van der Waals surface area contributed by atoms with E-state index < -0.39 is 0 Å². The molecule has 1 amide bonds. The molecule has 110 valence electrons. The summed E-state index contributed by atoms with van der Waals surface area (Å²) in [7, 11) is 0. The second-order valence-electron chi connectivity index (χ2n) is 6.13. The lowest BCUT2D eigenvalue weighted by molar-refractivity contribution is -0.132. The Morgan fingerprint density at radius 1 is 1.42 bits per heavy atom. The maximum atomic E-state index is 12.4. The van der Waals surface area contributed by atoms with Crippen LogP contribution in [0.2, 0.25) is 0 Å². The molecule has 0 aromatic heterocycles. The molecule has 1 saturated carbocycles. The zero-order valence-corrected chi connectivity index (χ0v) is 12.9. The van der Waals surface area contributed by atoms with Crippen molar-refractivity contribution >= 4 is 5.91 Å². The van der Waals surface area contributed by atoms with Crippen LogP contribution in [0.25, 0.3) is 0 Å². The predicted molar refractivity (Wildman–Crippen MR) is 77.9 cm³/mol. The van der Waals surface area contributed by atoms with E-state index in [1.54, 1.807) is 0 Å². The number of rotatable bonds is 7. The van der Waals surface area contributed by atoms with Crippen LogP contribution in [0, 0.1) is 0 Å². The van der Waals surface area contributed by atoms with Crippen LogP contribution in [-0.4, -0.2) is 53.1 Å². The Bertz CT molecular complexity index is 323. The van der Waals surface area contributed by atoms with Gasteiger partial charge in [0.2, 0.25) is 5.91 Å². The molecular formula is C15H29N3O. The fourth-order valence-corrected chi connectivity index (χ4v) is 3.31. The minimum atomic E-state index is -0.160. The highest BCUT2D eigenvalue weighted by Crippen LogP contribution is 2.42. The van der Waals surface area contributed by atoms with Crippen molar-refractivity contribution in [1.82, 2.24) is 15.1 Å². The van der Waals surface area contributed by atoms with E-state index in [9.17, 15) is 4.79 Å². The van der Waals surface area contributed by atoms with Crippen LogP contribution in [0.1, 0.15) is 53.4 Å². The lowest BCUT2D eigenvalue weighted by Gasteiger charge is -2.29. The minimum absolute atomic E-state index is 0.160. The van der Waals surface area contributed by atoms with Gasteiger partial charge in [0.25, 0.3) is 0 Å². The Morgan fingerprint density at radius 3 is 2.53 bits per heavy atom. The highest BCUT2D eigenvalue weighted by atomic mass is 16.2. The average Bonchev–Trinajstić information content (AvgIpc) is 3.10. The first-order valence-electron chi connectivity index (χ1n) is 7.87. The summed E-state index contributed by atoms with van der Waals surface area (Å²) in [4.78, 5) is 16.9. The molecule has 0 bridgehead atoms. The van der Waals surface area contributed by atoms with E-state index in [2.05, 4.69) is 42.8 Å². The quantitative estimate of drug-likeness (QED) is 0.764. The van der Waals surface area contributed by atoms with Gasteiger partial charge in [0.15, 0.2) is 0 Å². The summed E-state index contributed by atoms with van der Waals surface area (Å²) in [6.45, 7) is 12.1. The van der Waals surface area contributed by atoms with E-state index >= 15 is 0 Å². The molecule has 2 aliphatic rings. The topological polar surface area (TPSA) is 35.6 Å². The van der Waals surface area contributed by atoms with Crippen LogP contribution in [-0.2, 0) is 4.79 Å². The van der Waals surface area contributed by atoms with E-state index in [-0.39, 0.29) is 11.7 Å². The first-order valence-corrected chi connectivity index (χ1v) is 7.87. The zero-order valence-electron chi connectivity index (χ0n) is 12.9. The van der Waals surface area contributed by atoms with Crippen LogP contribution in [0.5, 0.6) is 0 Å². The molecule has 2 unspecified atom stereocenters. The van der Waals surface area contributed by atoms with Crippen molar-refractivity contribution in [2.24, 2.45) is 0 Å². The largest absolute Gasteiger partial charge is 0.323 e. The van der Waals surface area contributed by atoms with E-state index in [0.29, 0.717) is 11.9 Å². The average molecular weight is 267 g/mol. The summed E-state index contributed by atoms with van der Waals surface area (Å²) in [5.74, 6) is 0.343. The molecule has 4 heteroatoms. The number of hydrogen-bond acceptors (Lipinski definition) is 3. The second kappa shape index (κ2) is 5.80. The molecule has 1 heterocycles. The Kier molecular flexibility index (Phi) is 4.51. The predicted octanol–water partition coefficient (Wildman–Crippen LogP) is 1.81. The van der Waals surface area contributed by atoms with Gasteiger partial charge in [0, 0.05) is 6.04 Å². The third-order valence-corrected chi connectivity index (χ3v) is 4.76. The molecular weight excluding hydrogens is 238 g/mol. The van der Waals surface area contributed by atoms with Crippen molar-refractivity contribution in [3.05, 3.63) is 0 Å². The lowest BCUT2D eigenvalue weighted by atomic mass is 10.1. The third-order valence-electron chi connectivity index (χ3n) is 4.76. The highest BCUT2D eigenvalue weighted by molar-refractivity contribution is 5.92. The van der Waals surface area contributed by atoms with Crippen molar-refractivity contribution in [2.75, 3.05) is 19.6 Å². The molecule has 0 aromatic rings. The molecule has 1 saturated heterocycles. The minimum Gasteiger partial charge on any atom is -0.323 e. The van der Waals surface area contributed by atoms with Crippen LogP contribution in [0.4, 0.5) is 0 Å². The van der Waals surface area contributed by atoms with Gasteiger partial charge in [-0.3, -0.25) is 10.1 Å². The maximum Gasteiger partial charge on any atom is 0.244 e. The number of nitrogens with one attached hydrogen (secondary N) is 1. The summed E-state index contributed by atoms with van der Waals surface area (Å²) in [5.41, 5.74) is -0.160. The molecule has 1 spiro atoms. The maximum absolute atomic E-state index is 12.4. The number of carbonyl (C=O) groups excluding carboxylic acids is 1. The van der Waals surface area contributed by atoms with Crippen molar-refractivity contribution < 1.29 is 4.79 Å². The molecule has 4 nitrogen and oxygen atoms in total. The van der Waals surface area contributed by atoms with Gasteiger partial charge in [-0.1, -0.05) is 13.8 Å². The second-order valence-corrected chi connectivity index (χ2v) is 6.13. The summed E-state index contributed by atoms with van der Waals surface area (Å²) < 4.78 is 0. The van der Waals surface area contributed by atoms with Crippen LogP contribution >= 0.6 is 0 Å². The third kappa shape index (κ3) is 2.95. The number of nitrogens with zero attached hydrogens (tertiary/aromatic N) is 2. The number of carbonyl (C=O) groups is 1. The van der Waals surface area contributed by atoms with E-state index in [1.165, 1.54) is 6.42 Å². The lowest BCUT2D eigenvalue weighted by Crippen LogP contribution is -2.42. The van der Waals surface area contributed by atoms with E-state index in [4.69, 9.17) is 0 Å². The fraction of sp³-hybridized carbons (Fsp3) is 0.933. The molecule has 0 radical (unpaired) electrons. The monoisotopic (exact) mass is 267 g/mol. The van der Waals surface area contributed by atoms with E-state index in [1.807, 2.05) is 0 Å². The molecule has 19 heavy (non-hydrogen) atoms. The molecule has 2 rings (SSSR count). The molecule has 0 aromatic carbocycles. The molecule has 1 aliphatic heterocycles. The van der Waals surface area contributed by atoms with Gasteiger partial charge in [0.1, 0.15) is 0 Å². The summed E-state index contributed by atoms with van der Waals surface area (Å²) in [6.07, 6.45) is 4.53. The van der Waals surface area contributed by atoms with Crippen molar-refractivity contribution in [3.63, 3.8) is 0 Å². The van der Waals surface area contributed by atoms with Crippen molar-refractivity contribution in [2.45, 2.75) is 71.1 Å². The first kappa shape index (κ1) is 14.8. The van der Waals surface area contributed by atoms with Crippen LogP contribution < -0.4 is 5.32 Å².